The quantitative estimate of drug-likeness (QED) is 0.366. The van der Waals surface area contributed by atoms with Crippen molar-refractivity contribution < 1.29 is 38.5 Å². The van der Waals surface area contributed by atoms with Crippen LogP contribution in [0.5, 0.6) is 0 Å². The van der Waals surface area contributed by atoms with Gasteiger partial charge in [0, 0.05) is 37.9 Å². The number of hydrogen-bond donors (Lipinski definition) is 1. The molecule has 0 amide bonds. The number of likely N-dealkylation sites (N-methyl/N-ethyl adjacent to an activating group) is 1. The van der Waals surface area contributed by atoms with Crippen LogP contribution >= 0.6 is 11.6 Å². The van der Waals surface area contributed by atoms with Crippen LogP contribution in [0.25, 0.3) is 0 Å². The number of esters is 3. The second kappa shape index (κ2) is 9.67. The molecule has 0 unspecified atom stereocenters. The van der Waals surface area contributed by atoms with Gasteiger partial charge in [0.2, 0.25) is 11.4 Å². The third kappa shape index (κ3) is 5.45. The predicted octanol–water partition coefficient (Wildman–Crippen LogP) is 0.992. The van der Waals surface area contributed by atoms with Crippen LogP contribution in [-0.4, -0.2) is 83.1 Å². The molecule has 0 radical (unpaired) electrons. The number of ether oxygens (including phenoxy) is 3. The highest BCUT2D eigenvalue weighted by Crippen LogP contribution is 2.35. The topological polar surface area (TPSA) is 119 Å². The zero-order valence-electron chi connectivity index (χ0n) is 18.5. The van der Waals surface area contributed by atoms with E-state index in [0.717, 1.165) is 6.92 Å². The van der Waals surface area contributed by atoms with E-state index in [1.807, 2.05) is 11.9 Å². The lowest BCUT2D eigenvalue weighted by Crippen LogP contribution is -2.56. The molecular weight excluding hydrogens is 430 g/mol. The van der Waals surface area contributed by atoms with E-state index >= 15 is 0 Å². The first-order valence-electron chi connectivity index (χ1n) is 10.2. The molecule has 0 saturated carbocycles. The summed E-state index contributed by atoms with van der Waals surface area (Å²) in [5, 5.41) is 10.0. The minimum absolute atomic E-state index is 0.151. The third-order valence-corrected chi connectivity index (χ3v) is 6.33. The van der Waals surface area contributed by atoms with E-state index in [4.69, 9.17) is 25.8 Å². The van der Waals surface area contributed by atoms with Gasteiger partial charge in [-0.3, -0.25) is 9.59 Å². The molecule has 9 nitrogen and oxygen atoms in total. The highest BCUT2D eigenvalue weighted by Gasteiger charge is 2.52. The standard InChI is InChI=1S/C21H30ClNO8/c1-12-10-21(28,13(2)22)19(27)30-16-7-9-23(5)8-6-15(17(16)25)11-29-18(26)20(12,4)31-14(3)24/h6,12-13,16,28H,7-11H2,1-5H3/t12-,13+,16+,20-,21-/m0/s1. The summed E-state index contributed by atoms with van der Waals surface area (Å²) in [6.45, 7) is 5.95. The highest BCUT2D eigenvalue weighted by molar-refractivity contribution is 6.23. The van der Waals surface area contributed by atoms with E-state index in [1.165, 1.54) is 20.8 Å². The molecule has 1 fully saturated rings. The largest absolute Gasteiger partial charge is 0.458 e. The van der Waals surface area contributed by atoms with E-state index in [0.29, 0.717) is 13.1 Å². The van der Waals surface area contributed by atoms with Gasteiger partial charge in [-0.2, -0.15) is 0 Å². The van der Waals surface area contributed by atoms with Crippen LogP contribution in [-0.2, 0) is 33.4 Å². The summed E-state index contributed by atoms with van der Waals surface area (Å²) in [6.07, 6.45) is 0.292. The van der Waals surface area contributed by atoms with E-state index in [9.17, 15) is 24.3 Å². The Labute approximate surface area is 186 Å². The lowest BCUT2D eigenvalue weighted by atomic mass is 9.79. The van der Waals surface area contributed by atoms with Gasteiger partial charge in [-0.05, 0) is 27.3 Å². The molecule has 2 aliphatic heterocycles. The zero-order chi connectivity index (χ0) is 23.6. The van der Waals surface area contributed by atoms with Crippen LogP contribution in [0.3, 0.4) is 0 Å². The Balaban J connectivity index is 2.56. The number of alkyl halides is 1. The molecule has 2 aliphatic rings. The molecule has 174 valence electrons. The number of aliphatic hydroxyl groups is 1. The van der Waals surface area contributed by atoms with Gasteiger partial charge in [-0.25, -0.2) is 9.59 Å². The van der Waals surface area contributed by atoms with Gasteiger partial charge < -0.3 is 24.2 Å². The number of rotatable bonds is 2. The molecule has 1 N–H and O–H groups in total. The van der Waals surface area contributed by atoms with Crippen LogP contribution in [0.4, 0.5) is 0 Å². The molecule has 0 aliphatic carbocycles. The number of Topliss-reactive ketones (excluding diaryl/α,β-unsaturated/α-hetero) is 1. The lowest BCUT2D eigenvalue weighted by molar-refractivity contribution is -0.192. The summed E-state index contributed by atoms with van der Waals surface area (Å²) in [7, 11) is 1.83. The SMILES string of the molecule is CC(=O)O[C@]1(C)C(=O)OCC2=CCN(C)CC[C@@H](OC(=O)[C@@](O)([C@@H](C)Cl)C[C@@H]1C)C2=O. The summed E-state index contributed by atoms with van der Waals surface area (Å²) < 4.78 is 16.1. The molecule has 1 saturated heterocycles. The summed E-state index contributed by atoms with van der Waals surface area (Å²) >= 11 is 6.16. The van der Waals surface area contributed by atoms with Crippen molar-refractivity contribution in [2.45, 2.75) is 63.2 Å². The molecule has 10 heteroatoms. The van der Waals surface area contributed by atoms with E-state index < -0.39 is 52.3 Å². The van der Waals surface area contributed by atoms with Crippen molar-refractivity contribution in [3.05, 3.63) is 11.6 Å². The molecule has 0 spiro atoms. The number of halogens is 1. The summed E-state index contributed by atoms with van der Waals surface area (Å²) in [4.78, 5) is 52.6. The van der Waals surface area contributed by atoms with Crippen molar-refractivity contribution in [1.29, 1.82) is 0 Å². The molecule has 2 rings (SSSR count). The Kier molecular flexibility index (Phi) is 7.89. The molecular formula is C21H30ClNO8. The van der Waals surface area contributed by atoms with Gasteiger partial charge in [0.1, 0.15) is 6.61 Å². The maximum Gasteiger partial charge on any atom is 0.350 e. The minimum atomic E-state index is -2.24. The fourth-order valence-corrected chi connectivity index (χ4v) is 3.78. The van der Waals surface area contributed by atoms with Gasteiger partial charge in [0.05, 0.1) is 5.38 Å². The number of carbonyl (C=O) groups excluding carboxylic acids is 4. The Morgan fingerprint density at radius 2 is 2.00 bits per heavy atom. The van der Waals surface area contributed by atoms with E-state index in [1.54, 1.807) is 6.08 Å². The number of cyclic esters (lactones) is 1. The van der Waals surface area contributed by atoms with Crippen molar-refractivity contribution in [3.63, 3.8) is 0 Å². The zero-order valence-corrected chi connectivity index (χ0v) is 19.2. The Morgan fingerprint density at radius 1 is 1.35 bits per heavy atom. The van der Waals surface area contributed by atoms with Gasteiger partial charge in [-0.1, -0.05) is 13.0 Å². The third-order valence-electron chi connectivity index (χ3n) is 5.97. The summed E-state index contributed by atoms with van der Waals surface area (Å²) in [5.41, 5.74) is -3.91. The molecule has 31 heavy (non-hydrogen) atoms. The minimum Gasteiger partial charge on any atom is -0.458 e. The Hall–Kier alpha value is -1.97. The van der Waals surface area contributed by atoms with E-state index in [-0.39, 0.29) is 25.0 Å². The van der Waals surface area contributed by atoms with Crippen LogP contribution in [0, 0.1) is 5.92 Å². The molecule has 0 aromatic carbocycles. The normalized spacial score (nSPS) is 34.7. The number of nitrogens with zero attached hydrogens (tertiary/aromatic N) is 1. The first-order chi connectivity index (χ1) is 14.3. The predicted molar refractivity (Wildman–Crippen MR) is 110 cm³/mol. The van der Waals surface area contributed by atoms with Crippen LogP contribution < -0.4 is 0 Å². The Bertz CT molecular complexity index is 781. The summed E-state index contributed by atoms with van der Waals surface area (Å²) in [6, 6.07) is 0. The van der Waals surface area contributed by atoms with Crippen molar-refractivity contribution in [2.24, 2.45) is 5.92 Å². The molecule has 0 aromatic rings. The molecule has 0 aromatic heterocycles. The van der Waals surface area contributed by atoms with Crippen molar-refractivity contribution in [2.75, 3.05) is 26.7 Å². The molecule has 2 heterocycles. The van der Waals surface area contributed by atoms with E-state index in [2.05, 4.69) is 0 Å². The first kappa shape index (κ1) is 25.3. The number of carbonyl (C=O) groups is 4. The van der Waals surface area contributed by atoms with Gasteiger partial charge in [0.15, 0.2) is 11.7 Å². The number of hydrogen-bond acceptors (Lipinski definition) is 9. The number of fused-ring (bicyclic) bond motifs is 2. The fourth-order valence-electron chi connectivity index (χ4n) is 3.61. The van der Waals surface area contributed by atoms with Gasteiger partial charge >= 0.3 is 17.9 Å². The smallest absolute Gasteiger partial charge is 0.350 e. The Morgan fingerprint density at radius 3 is 2.58 bits per heavy atom. The fraction of sp³-hybridized carbons (Fsp3) is 0.714. The highest BCUT2D eigenvalue weighted by atomic mass is 35.5. The molecule has 2 bridgehead atoms. The van der Waals surface area contributed by atoms with Crippen molar-refractivity contribution in [1.82, 2.24) is 4.90 Å². The monoisotopic (exact) mass is 459 g/mol. The lowest BCUT2D eigenvalue weighted by Gasteiger charge is -2.39. The maximum atomic E-state index is 13.0. The second-order valence-electron chi connectivity index (χ2n) is 8.46. The maximum absolute atomic E-state index is 13.0. The van der Waals surface area contributed by atoms with Crippen molar-refractivity contribution in [3.8, 4) is 0 Å². The second-order valence-corrected chi connectivity index (χ2v) is 9.12. The van der Waals surface area contributed by atoms with Crippen LogP contribution in [0.2, 0.25) is 0 Å². The van der Waals surface area contributed by atoms with Gasteiger partial charge in [-0.15, -0.1) is 11.6 Å². The molecule has 5 atom stereocenters. The average Bonchev–Trinajstić information content (AvgIpc) is 2.67. The van der Waals surface area contributed by atoms with Gasteiger partial charge in [0.25, 0.3) is 0 Å². The van der Waals surface area contributed by atoms with Crippen molar-refractivity contribution >= 4 is 35.3 Å². The first-order valence-corrected chi connectivity index (χ1v) is 10.6. The number of ketones is 1. The summed E-state index contributed by atoms with van der Waals surface area (Å²) in [5.74, 6) is -4.09. The average molecular weight is 460 g/mol. The van der Waals surface area contributed by atoms with Crippen LogP contribution in [0.1, 0.15) is 40.5 Å². The van der Waals surface area contributed by atoms with Crippen LogP contribution in [0.15, 0.2) is 11.6 Å².